The zero-order valence-electron chi connectivity index (χ0n) is 22.7. The number of urea groups is 1. The molecule has 198 valence electrons. The summed E-state index contributed by atoms with van der Waals surface area (Å²) in [5, 5.41) is 8.67. The van der Waals surface area contributed by atoms with Crippen molar-refractivity contribution in [3.63, 3.8) is 0 Å². The molecule has 0 aliphatic carbocycles. The second kappa shape index (κ2) is 11.1. The molecule has 1 aliphatic heterocycles. The van der Waals surface area contributed by atoms with Crippen LogP contribution in [-0.2, 0) is 9.59 Å². The molecule has 0 radical (unpaired) electrons. The van der Waals surface area contributed by atoms with Gasteiger partial charge in [-0.05, 0) is 70.4 Å². The van der Waals surface area contributed by atoms with Crippen LogP contribution in [0.5, 0.6) is 0 Å². The van der Waals surface area contributed by atoms with Gasteiger partial charge in [-0.2, -0.15) is 0 Å². The van der Waals surface area contributed by atoms with Crippen LogP contribution in [0.4, 0.5) is 16.2 Å². The maximum atomic E-state index is 14.0. The highest BCUT2D eigenvalue weighted by Crippen LogP contribution is 2.39. The van der Waals surface area contributed by atoms with Crippen molar-refractivity contribution in [2.24, 2.45) is 0 Å². The molecular weight excluding hydrogens is 476 g/mol. The Balaban J connectivity index is 1.69. The van der Waals surface area contributed by atoms with E-state index < -0.39 is 17.6 Å². The third-order valence-corrected chi connectivity index (χ3v) is 6.55. The van der Waals surface area contributed by atoms with Crippen molar-refractivity contribution < 1.29 is 14.4 Å². The van der Waals surface area contributed by atoms with E-state index in [2.05, 4.69) is 28.1 Å². The number of nitrogens with zero attached hydrogens (tertiary/aromatic N) is 1. The highest BCUT2D eigenvalue weighted by molar-refractivity contribution is 6.05. The number of carbonyl (C=O) groups is 3. The molecule has 4 rings (SSSR count). The predicted octanol–water partition coefficient (Wildman–Crippen LogP) is 5.28. The van der Waals surface area contributed by atoms with Crippen LogP contribution in [0.2, 0.25) is 0 Å². The summed E-state index contributed by atoms with van der Waals surface area (Å²) in [5.41, 5.74) is 5.07. The molecule has 1 aliphatic rings. The second-order valence-corrected chi connectivity index (χ2v) is 11.0. The number of amides is 4. The average Bonchev–Trinajstić information content (AvgIpc) is 2.96. The van der Waals surface area contributed by atoms with Gasteiger partial charge in [0.15, 0.2) is 0 Å². The van der Waals surface area contributed by atoms with E-state index in [9.17, 15) is 14.4 Å². The summed E-state index contributed by atoms with van der Waals surface area (Å²) in [6.45, 7) is 9.55. The molecule has 2 atom stereocenters. The van der Waals surface area contributed by atoms with E-state index in [4.69, 9.17) is 0 Å². The Morgan fingerprint density at radius 3 is 2.13 bits per heavy atom. The lowest BCUT2D eigenvalue weighted by Crippen LogP contribution is -2.53. The van der Waals surface area contributed by atoms with Crippen molar-refractivity contribution in [2.75, 3.05) is 16.8 Å². The monoisotopic (exact) mass is 512 g/mol. The number of hydrogen-bond acceptors (Lipinski definition) is 3. The van der Waals surface area contributed by atoms with Crippen LogP contribution in [0.15, 0.2) is 72.8 Å². The van der Waals surface area contributed by atoms with Crippen LogP contribution in [-0.4, -0.2) is 36.0 Å². The lowest BCUT2D eigenvalue weighted by molar-refractivity contribution is -0.125. The Morgan fingerprint density at radius 2 is 1.50 bits per heavy atom. The van der Waals surface area contributed by atoms with Gasteiger partial charge in [-0.25, -0.2) is 4.79 Å². The van der Waals surface area contributed by atoms with Crippen molar-refractivity contribution in [2.45, 2.75) is 58.5 Å². The minimum atomic E-state index is -0.846. The van der Waals surface area contributed by atoms with Gasteiger partial charge in [0.05, 0.1) is 0 Å². The molecule has 7 heteroatoms. The SMILES string of the molecule is Cc1ccc(NC(=O)NC2CC(c3ccc(C)cc3)c3ccccc3N(CC(=O)NC(C)(C)C)C2=O)cc1. The molecule has 0 spiro atoms. The first-order valence-corrected chi connectivity index (χ1v) is 12.9. The number of aryl methyl sites for hydroxylation is 2. The predicted molar refractivity (Wildman–Crippen MR) is 151 cm³/mol. The molecule has 2 unspecified atom stereocenters. The molecular formula is C31H36N4O3. The summed E-state index contributed by atoms with van der Waals surface area (Å²) in [6, 6.07) is 22.0. The molecule has 1 heterocycles. The number of para-hydroxylation sites is 1. The molecule has 0 bridgehead atoms. The quantitative estimate of drug-likeness (QED) is 0.435. The summed E-state index contributed by atoms with van der Waals surface area (Å²) in [6.07, 6.45) is 0.359. The van der Waals surface area contributed by atoms with E-state index in [0.717, 1.165) is 22.3 Å². The van der Waals surface area contributed by atoms with Gasteiger partial charge in [-0.15, -0.1) is 0 Å². The van der Waals surface area contributed by atoms with Crippen molar-refractivity contribution in [3.8, 4) is 0 Å². The van der Waals surface area contributed by atoms with Crippen LogP contribution >= 0.6 is 0 Å². The maximum absolute atomic E-state index is 14.0. The number of carbonyl (C=O) groups excluding carboxylic acids is 3. The zero-order chi connectivity index (χ0) is 27.4. The normalized spacial score (nSPS) is 17.3. The lowest BCUT2D eigenvalue weighted by atomic mass is 9.86. The third-order valence-electron chi connectivity index (χ3n) is 6.55. The molecule has 3 aromatic carbocycles. The number of rotatable bonds is 5. The maximum Gasteiger partial charge on any atom is 0.319 e. The van der Waals surface area contributed by atoms with E-state index in [1.165, 1.54) is 4.90 Å². The Labute approximate surface area is 224 Å². The number of nitrogens with one attached hydrogen (secondary N) is 3. The molecule has 4 amide bonds. The topological polar surface area (TPSA) is 90.5 Å². The minimum absolute atomic E-state index is 0.147. The van der Waals surface area contributed by atoms with Gasteiger partial charge in [-0.1, -0.05) is 65.7 Å². The van der Waals surface area contributed by atoms with E-state index >= 15 is 0 Å². The van der Waals surface area contributed by atoms with E-state index in [1.807, 2.05) is 95.3 Å². The Bertz CT molecular complexity index is 1310. The van der Waals surface area contributed by atoms with Crippen LogP contribution in [0.1, 0.15) is 55.4 Å². The minimum Gasteiger partial charge on any atom is -0.350 e. The highest BCUT2D eigenvalue weighted by Gasteiger charge is 2.37. The standard InChI is InChI=1S/C31H36N4O3/c1-20-10-14-22(15-11-20)25-18-26(33-30(38)32-23-16-12-21(2)13-17-23)29(37)35(19-28(36)34-31(3,4)5)27-9-7-6-8-24(25)27/h6-17,25-26H,18-19H2,1-5H3,(H,34,36)(H2,32,33,38). The molecule has 3 N–H and O–H groups in total. The smallest absolute Gasteiger partial charge is 0.319 e. The summed E-state index contributed by atoms with van der Waals surface area (Å²) in [7, 11) is 0. The Morgan fingerprint density at radius 1 is 0.895 bits per heavy atom. The lowest BCUT2D eigenvalue weighted by Gasteiger charge is -2.28. The summed E-state index contributed by atoms with van der Waals surface area (Å²) >= 11 is 0. The van der Waals surface area contributed by atoms with Crippen LogP contribution in [0.3, 0.4) is 0 Å². The number of benzene rings is 3. The molecule has 7 nitrogen and oxygen atoms in total. The fourth-order valence-electron chi connectivity index (χ4n) is 4.76. The van der Waals surface area contributed by atoms with Crippen LogP contribution in [0, 0.1) is 13.8 Å². The van der Waals surface area contributed by atoms with Crippen molar-refractivity contribution in [1.82, 2.24) is 10.6 Å². The Kier molecular flexibility index (Phi) is 7.86. The fourth-order valence-corrected chi connectivity index (χ4v) is 4.76. The highest BCUT2D eigenvalue weighted by atomic mass is 16.2. The van der Waals surface area contributed by atoms with Crippen molar-refractivity contribution in [3.05, 3.63) is 95.1 Å². The van der Waals surface area contributed by atoms with Gasteiger partial charge < -0.3 is 20.9 Å². The Hall–Kier alpha value is -4.13. The first kappa shape index (κ1) is 26.9. The second-order valence-electron chi connectivity index (χ2n) is 11.0. The van der Waals surface area contributed by atoms with E-state index in [1.54, 1.807) is 0 Å². The average molecular weight is 513 g/mol. The third kappa shape index (κ3) is 6.59. The van der Waals surface area contributed by atoms with Crippen LogP contribution in [0.25, 0.3) is 0 Å². The van der Waals surface area contributed by atoms with Crippen LogP contribution < -0.4 is 20.9 Å². The van der Waals surface area contributed by atoms with Gasteiger partial charge in [0.25, 0.3) is 0 Å². The van der Waals surface area contributed by atoms with Gasteiger partial charge in [-0.3, -0.25) is 9.59 Å². The first-order chi connectivity index (χ1) is 18.0. The first-order valence-electron chi connectivity index (χ1n) is 12.9. The van der Waals surface area contributed by atoms with Gasteiger partial charge in [0, 0.05) is 22.8 Å². The van der Waals surface area contributed by atoms with Crippen molar-refractivity contribution in [1.29, 1.82) is 0 Å². The molecule has 3 aromatic rings. The number of fused-ring (bicyclic) bond motifs is 1. The molecule has 0 saturated carbocycles. The summed E-state index contributed by atoms with van der Waals surface area (Å²) in [4.78, 5) is 41.5. The summed E-state index contributed by atoms with van der Waals surface area (Å²) < 4.78 is 0. The van der Waals surface area contributed by atoms with E-state index in [0.29, 0.717) is 17.8 Å². The van der Waals surface area contributed by atoms with Gasteiger partial charge in [0.2, 0.25) is 11.8 Å². The number of hydrogen-bond donors (Lipinski definition) is 3. The molecule has 0 aromatic heterocycles. The largest absolute Gasteiger partial charge is 0.350 e. The van der Waals surface area contributed by atoms with Gasteiger partial charge in [0.1, 0.15) is 12.6 Å². The zero-order valence-corrected chi connectivity index (χ0v) is 22.7. The molecule has 0 saturated heterocycles. The number of anilines is 2. The summed E-state index contributed by atoms with van der Waals surface area (Å²) in [5.74, 6) is -0.747. The molecule has 0 fully saturated rings. The van der Waals surface area contributed by atoms with E-state index in [-0.39, 0.29) is 24.3 Å². The van der Waals surface area contributed by atoms with Gasteiger partial charge >= 0.3 is 6.03 Å². The molecule has 38 heavy (non-hydrogen) atoms. The van der Waals surface area contributed by atoms with Crippen molar-refractivity contribution >= 4 is 29.2 Å². The fraction of sp³-hybridized carbons (Fsp3) is 0.323.